The van der Waals surface area contributed by atoms with Crippen LogP contribution in [0.3, 0.4) is 0 Å². The van der Waals surface area contributed by atoms with Crippen molar-refractivity contribution in [3.8, 4) is 23.1 Å². The molecule has 4 atom stereocenters. The summed E-state index contributed by atoms with van der Waals surface area (Å²) in [5, 5.41) is 22.4. The summed E-state index contributed by atoms with van der Waals surface area (Å²) in [6, 6.07) is 4.17. The minimum atomic E-state index is -0.951. The normalized spacial score (nSPS) is 28.2. The van der Waals surface area contributed by atoms with Gasteiger partial charge in [-0.1, -0.05) is 0 Å². The predicted molar refractivity (Wildman–Crippen MR) is 103 cm³/mol. The molecule has 0 amide bonds. The van der Waals surface area contributed by atoms with Crippen molar-refractivity contribution >= 4 is 5.82 Å². The van der Waals surface area contributed by atoms with E-state index in [1.54, 1.807) is 12.3 Å². The van der Waals surface area contributed by atoms with Gasteiger partial charge >= 0.3 is 0 Å². The lowest BCUT2D eigenvalue weighted by Crippen LogP contribution is -2.57. The molecule has 2 aliphatic heterocycles. The van der Waals surface area contributed by atoms with Crippen molar-refractivity contribution in [2.45, 2.75) is 62.4 Å². The molecule has 3 aliphatic rings. The van der Waals surface area contributed by atoms with Crippen LogP contribution in [0.4, 0.5) is 14.6 Å². The van der Waals surface area contributed by atoms with Crippen molar-refractivity contribution in [2.75, 3.05) is 4.90 Å². The van der Waals surface area contributed by atoms with Gasteiger partial charge in [0.2, 0.25) is 0 Å². The van der Waals surface area contributed by atoms with Crippen LogP contribution in [0.2, 0.25) is 0 Å². The SMILES string of the molecule is N#Cc1cc(O)c(-c2cnc(N(C3CC3)[C@@H]3CC4CCC(N4)[C@@H]3F)cn2)cc1F. The Bertz CT molecular complexity index is 972. The summed E-state index contributed by atoms with van der Waals surface area (Å²) < 4.78 is 29.1. The Labute approximate surface area is 167 Å². The number of benzene rings is 1. The molecule has 0 radical (unpaired) electrons. The van der Waals surface area contributed by atoms with E-state index >= 15 is 4.39 Å². The number of hydrogen-bond donors (Lipinski definition) is 2. The number of alkyl halides is 1. The van der Waals surface area contributed by atoms with Gasteiger partial charge < -0.3 is 15.3 Å². The van der Waals surface area contributed by atoms with Crippen LogP contribution >= 0.6 is 0 Å². The van der Waals surface area contributed by atoms with Crippen LogP contribution in [0.25, 0.3) is 11.3 Å². The monoisotopic (exact) mass is 397 g/mol. The first-order valence-corrected chi connectivity index (χ1v) is 9.98. The number of rotatable bonds is 4. The maximum Gasteiger partial charge on any atom is 0.147 e. The molecule has 2 saturated heterocycles. The number of hydrogen-bond acceptors (Lipinski definition) is 6. The molecular weight excluding hydrogens is 376 g/mol. The third-order valence-corrected chi connectivity index (χ3v) is 6.24. The zero-order valence-electron chi connectivity index (χ0n) is 15.7. The van der Waals surface area contributed by atoms with E-state index in [9.17, 15) is 9.50 Å². The van der Waals surface area contributed by atoms with E-state index in [-0.39, 0.29) is 35.0 Å². The topological polar surface area (TPSA) is 85.1 Å². The highest BCUT2D eigenvalue weighted by molar-refractivity contribution is 5.68. The summed E-state index contributed by atoms with van der Waals surface area (Å²) in [6.07, 6.45) is 6.73. The van der Waals surface area contributed by atoms with Crippen LogP contribution in [-0.4, -0.2) is 45.4 Å². The zero-order chi connectivity index (χ0) is 20.1. The van der Waals surface area contributed by atoms with Gasteiger partial charge in [-0.15, -0.1) is 0 Å². The molecule has 150 valence electrons. The van der Waals surface area contributed by atoms with Crippen molar-refractivity contribution in [1.82, 2.24) is 15.3 Å². The Kier molecular flexibility index (Phi) is 4.36. The zero-order valence-corrected chi connectivity index (χ0v) is 15.7. The molecule has 0 spiro atoms. The van der Waals surface area contributed by atoms with Crippen molar-refractivity contribution in [3.63, 3.8) is 0 Å². The fourth-order valence-electron chi connectivity index (χ4n) is 4.67. The Balaban J connectivity index is 1.45. The molecule has 1 aromatic carbocycles. The van der Waals surface area contributed by atoms with E-state index in [0.29, 0.717) is 17.6 Å². The molecule has 2 unspecified atom stereocenters. The highest BCUT2D eigenvalue weighted by Gasteiger charge is 2.48. The number of piperidine rings is 1. The molecule has 2 bridgehead atoms. The van der Waals surface area contributed by atoms with Gasteiger partial charge in [0.05, 0.1) is 29.7 Å². The molecule has 8 heteroatoms. The van der Waals surface area contributed by atoms with Crippen molar-refractivity contribution < 1.29 is 13.9 Å². The highest BCUT2D eigenvalue weighted by atomic mass is 19.1. The minimum Gasteiger partial charge on any atom is -0.507 e. The van der Waals surface area contributed by atoms with Crippen molar-refractivity contribution in [2.24, 2.45) is 0 Å². The summed E-state index contributed by atoms with van der Waals surface area (Å²) >= 11 is 0. The molecule has 6 nitrogen and oxygen atoms in total. The Morgan fingerprint density at radius 2 is 2.00 bits per heavy atom. The van der Waals surface area contributed by atoms with E-state index < -0.39 is 12.0 Å². The first-order chi connectivity index (χ1) is 14.0. The van der Waals surface area contributed by atoms with Gasteiger partial charge in [0.25, 0.3) is 0 Å². The minimum absolute atomic E-state index is 0.0918. The Hall–Kier alpha value is -2.79. The van der Waals surface area contributed by atoms with E-state index in [1.807, 2.05) is 0 Å². The van der Waals surface area contributed by atoms with Crippen LogP contribution in [0.15, 0.2) is 24.5 Å². The van der Waals surface area contributed by atoms with Crippen molar-refractivity contribution in [1.29, 1.82) is 5.26 Å². The lowest BCUT2D eigenvalue weighted by molar-refractivity contribution is 0.171. The average molecular weight is 397 g/mol. The number of nitriles is 1. The van der Waals surface area contributed by atoms with E-state index in [4.69, 9.17) is 5.26 Å². The molecular formula is C21H21F2N5O. The van der Waals surface area contributed by atoms with E-state index in [1.165, 1.54) is 6.20 Å². The lowest BCUT2D eigenvalue weighted by atomic mass is 9.96. The molecule has 3 fully saturated rings. The molecule has 1 aromatic heterocycles. The quantitative estimate of drug-likeness (QED) is 0.825. The number of anilines is 1. The Morgan fingerprint density at radius 3 is 2.69 bits per heavy atom. The second kappa shape index (κ2) is 6.92. The highest BCUT2D eigenvalue weighted by Crippen LogP contribution is 2.40. The van der Waals surface area contributed by atoms with Crippen molar-refractivity contribution in [3.05, 3.63) is 35.9 Å². The second-order valence-corrected chi connectivity index (χ2v) is 8.15. The fourth-order valence-corrected chi connectivity index (χ4v) is 4.67. The largest absolute Gasteiger partial charge is 0.507 e. The Morgan fingerprint density at radius 1 is 1.17 bits per heavy atom. The van der Waals surface area contributed by atoms with E-state index in [0.717, 1.165) is 44.2 Å². The first-order valence-electron chi connectivity index (χ1n) is 9.98. The number of phenolic OH excluding ortho intramolecular Hbond substituents is 1. The molecule has 1 saturated carbocycles. The number of aromatic hydroxyl groups is 1. The summed E-state index contributed by atoms with van der Waals surface area (Å²) in [4.78, 5) is 10.9. The molecule has 2 aromatic rings. The van der Waals surface area contributed by atoms with Gasteiger partial charge in [0, 0.05) is 29.8 Å². The van der Waals surface area contributed by atoms with Gasteiger partial charge in [-0.2, -0.15) is 5.26 Å². The number of aromatic nitrogens is 2. The first kappa shape index (κ1) is 18.3. The number of nitrogens with zero attached hydrogens (tertiary/aromatic N) is 4. The fraction of sp³-hybridized carbons (Fsp3) is 0.476. The van der Waals surface area contributed by atoms with Gasteiger partial charge in [-0.3, -0.25) is 4.98 Å². The molecule has 5 rings (SSSR count). The molecule has 29 heavy (non-hydrogen) atoms. The maximum absolute atomic E-state index is 15.1. The van der Waals surface area contributed by atoms with Crippen LogP contribution in [0.5, 0.6) is 5.75 Å². The van der Waals surface area contributed by atoms with Gasteiger partial charge in [0.15, 0.2) is 0 Å². The smallest absolute Gasteiger partial charge is 0.147 e. The van der Waals surface area contributed by atoms with Gasteiger partial charge in [-0.25, -0.2) is 13.8 Å². The van der Waals surface area contributed by atoms with Gasteiger partial charge in [0.1, 0.15) is 29.6 Å². The predicted octanol–water partition coefficient (Wildman–Crippen LogP) is 3.06. The maximum atomic E-state index is 15.1. The molecule has 1 aliphatic carbocycles. The third kappa shape index (κ3) is 3.19. The molecule has 3 heterocycles. The number of fused-ring (bicyclic) bond motifs is 2. The van der Waals surface area contributed by atoms with Crippen LogP contribution in [0, 0.1) is 17.1 Å². The van der Waals surface area contributed by atoms with Crippen LogP contribution < -0.4 is 10.2 Å². The van der Waals surface area contributed by atoms with Gasteiger partial charge in [-0.05, 0) is 38.2 Å². The second-order valence-electron chi connectivity index (χ2n) is 8.15. The lowest BCUT2D eigenvalue weighted by Gasteiger charge is -2.41. The summed E-state index contributed by atoms with van der Waals surface area (Å²) in [5.74, 6) is -0.349. The number of phenols is 1. The van der Waals surface area contributed by atoms with E-state index in [2.05, 4.69) is 20.2 Å². The summed E-state index contributed by atoms with van der Waals surface area (Å²) in [7, 11) is 0. The van der Waals surface area contributed by atoms with Crippen LogP contribution in [-0.2, 0) is 0 Å². The van der Waals surface area contributed by atoms with Crippen LogP contribution in [0.1, 0.15) is 37.7 Å². The third-order valence-electron chi connectivity index (χ3n) is 6.24. The number of nitrogens with one attached hydrogen (secondary N) is 1. The average Bonchev–Trinajstić information content (AvgIpc) is 3.48. The summed E-state index contributed by atoms with van der Waals surface area (Å²) in [5.41, 5.74) is 0.236. The molecule has 2 N–H and O–H groups in total. The summed E-state index contributed by atoms with van der Waals surface area (Å²) in [6.45, 7) is 0. The standard InChI is InChI=1S/C21H21F2N5O/c22-15-7-14(19(29)5-11(15)8-24)17-9-26-20(10-25-17)28(13-2-3-13)18-6-12-1-4-16(27-12)21(18)23/h5,7,9-10,12-13,16,18,21,27,29H,1-4,6H2/t12?,16?,18-,21+/m1/s1. The number of halogens is 2.